The number of halogens is 3. The minimum absolute atomic E-state index is 0.0371. The fourth-order valence-electron chi connectivity index (χ4n) is 1.43. The van der Waals surface area contributed by atoms with Crippen molar-refractivity contribution in [2.75, 3.05) is 46.0 Å². The first-order valence-corrected chi connectivity index (χ1v) is 8.14. The van der Waals surface area contributed by atoms with Gasteiger partial charge >= 0.3 is 6.18 Å². The number of likely N-dealkylation sites (N-methyl/N-ethyl adjacent to an activating group) is 1. The fraction of sp³-hybridized carbons (Fsp3) is 0.923. The third-order valence-corrected chi connectivity index (χ3v) is 3.98. The summed E-state index contributed by atoms with van der Waals surface area (Å²) in [4.78, 5) is 5.70. The highest BCUT2D eigenvalue weighted by atomic mass is 32.2. The van der Waals surface area contributed by atoms with E-state index in [4.69, 9.17) is 0 Å². The molecule has 0 amide bonds. The van der Waals surface area contributed by atoms with Crippen LogP contribution in [0.4, 0.5) is 13.2 Å². The van der Waals surface area contributed by atoms with Gasteiger partial charge in [-0.25, -0.2) is 0 Å². The summed E-state index contributed by atoms with van der Waals surface area (Å²) in [5.74, 6) is 0.639. The molecule has 0 unspecified atom stereocenters. The minimum atomic E-state index is -4.16. The molecule has 0 heterocycles. The highest BCUT2D eigenvalue weighted by Crippen LogP contribution is 2.20. The SMILES string of the molecule is CCNC(=NCC(C)(C)SC)NCCN(C)CC(F)(F)F. The molecule has 0 atom stereocenters. The average Bonchev–Trinajstić information content (AvgIpc) is 2.34. The molecule has 0 spiro atoms. The van der Waals surface area contributed by atoms with Gasteiger partial charge in [0.25, 0.3) is 0 Å². The van der Waals surface area contributed by atoms with Crippen LogP contribution in [-0.4, -0.2) is 67.8 Å². The van der Waals surface area contributed by atoms with E-state index in [0.717, 1.165) is 0 Å². The van der Waals surface area contributed by atoms with Crippen LogP contribution >= 0.6 is 11.8 Å². The van der Waals surface area contributed by atoms with Crippen molar-refractivity contribution in [3.63, 3.8) is 0 Å². The smallest absolute Gasteiger partial charge is 0.357 e. The van der Waals surface area contributed by atoms with Gasteiger partial charge in [0, 0.05) is 24.4 Å². The topological polar surface area (TPSA) is 39.7 Å². The predicted octanol–water partition coefficient (Wildman–Crippen LogP) is 2.18. The second-order valence-corrected chi connectivity index (χ2v) is 6.95. The number of guanidine groups is 1. The number of hydrogen-bond acceptors (Lipinski definition) is 3. The summed E-state index contributed by atoms with van der Waals surface area (Å²) in [5, 5.41) is 6.14. The summed E-state index contributed by atoms with van der Waals surface area (Å²) in [6.07, 6.45) is -2.13. The zero-order chi connectivity index (χ0) is 16.5. The van der Waals surface area contributed by atoms with Crippen molar-refractivity contribution >= 4 is 17.7 Å². The monoisotopic (exact) mass is 328 g/mol. The summed E-state index contributed by atoms with van der Waals surface area (Å²) in [7, 11) is 1.45. The van der Waals surface area contributed by atoms with Gasteiger partial charge in [-0.3, -0.25) is 9.89 Å². The molecule has 0 aliphatic rings. The first-order chi connectivity index (χ1) is 9.59. The van der Waals surface area contributed by atoms with Crippen LogP contribution in [0.1, 0.15) is 20.8 Å². The molecule has 126 valence electrons. The highest BCUT2D eigenvalue weighted by molar-refractivity contribution is 7.99. The Bertz CT molecular complexity index is 319. The van der Waals surface area contributed by atoms with E-state index in [-0.39, 0.29) is 4.75 Å². The standard InChI is InChI=1S/C13H27F3N4S/c1-6-17-11(19-9-12(2,3)21-5)18-7-8-20(4)10-13(14,15)16/h6-10H2,1-5H3,(H2,17,18,19). The Kier molecular flexibility index (Phi) is 9.12. The van der Waals surface area contributed by atoms with Gasteiger partial charge in [-0.15, -0.1) is 0 Å². The maximum Gasteiger partial charge on any atom is 0.401 e. The van der Waals surface area contributed by atoms with Crippen LogP contribution in [0.3, 0.4) is 0 Å². The Morgan fingerprint density at radius 1 is 1.24 bits per heavy atom. The van der Waals surface area contributed by atoms with E-state index in [1.54, 1.807) is 11.8 Å². The number of aliphatic imine (C=N–C) groups is 1. The van der Waals surface area contributed by atoms with Crippen molar-refractivity contribution < 1.29 is 13.2 Å². The van der Waals surface area contributed by atoms with Crippen molar-refractivity contribution in [3.05, 3.63) is 0 Å². The van der Waals surface area contributed by atoms with Gasteiger partial charge in [-0.1, -0.05) is 0 Å². The number of rotatable bonds is 8. The fourth-order valence-corrected chi connectivity index (χ4v) is 1.62. The molecule has 2 N–H and O–H groups in total. The Balaban J connectivity index is 4.24. The van der Waals surface area contributed by atoms with Gasteiger partial charge in [-0.05, 0) is 34.1 Å². The van der Waals surface area contributed by atoms with Gasteiger partial charge in [0.2, 0.25) is 0 Å². The van der Waals surface area contributed by atoms with Gasteiger partial charge in [0.1, 0.15) is 0 Å². The lowest BCUT2D eigenvalue weighted by Gasteiger charge is -2.21. The van der Waals surface area contributed by atoms with E-state index in [0.29, 0.717) is 32.1 Å². The van der Waals surface area contributed by atoms with Crippen molar-refractivity contribution in [2.24, 2.45) is 4.99 Å². The molecular formula is C13H27F3N4S. The van der Waals surface area contributed by atoms with E-state index in [9.17, 15) is 13.2 Å². The van der Waals surface area contributed by atoms with Gasteiger partial charge in [-0.2, -0.15) is 24.9 Å². The maximum atomic E-state index is 12.2. The van der Waals surface area contributed by atoms with E-state index < -0.39 is 12.7 Å². The Morgan fingerprint density at radius 2 is 1.86 bits per heavy atom. The third kappa shape index (κ3) is 11.7. The van der Waals surface area contributed by atoms with Gasteiger partial charge in [0.05, 0.1) is 13.1 Å². The molecule has 0 saturated carbocycles. The summed E-state index contributed by atoms with van der Waals surface area (Å²) in [6, 6.07) is 0. The molecule has 0 saturated heterocycles. The van der Waals surface area contributed by atoms with Gasteiger partial charge in [0.15, 0.2) is 5.96 Å². The zero-order valence-electron chi connectivity index (χ0n) is 13.5. The third-order valence-electron chi connectivity index (χ3n) is 2.75. The van der Waals surface area contributed by atoms with Crippen LogP contribution in [0, 0.1) is 0 Å². The molecule has 4 nitrogen and oxygen atoms in total. The van der Waals surface area contributed by atoms with Crippen LogP contribution in [-0.2, 0) is 0 Å². The predicted molar refractivity (Wildman–Crippen MR) is 85.1 cm³/mol. The quantitative estimate of drug-likeness (QED) is 0.529. The van der Waals surface area contributed by atoms with Crippen LogP contribution < -0.4 is 10.6 Å². The van der Waals surface area contributed by atoms with Crippen LogP contribution in [0.25, 0.3) is 0 Å². The molecule has 8 heteroatoms. The Labute approximate surface area is 129 Å². The lowest BCUT2D eigenvalue weighted by molar-refractivity contribution is -0.142. The molecule has 0 fully saturated rings. The number of alkyl halides is 3. The molecule has 0 aromatic carbocycles. The van der Waals surface area contributed by atoms with Crippen molar-refractivity contribution in [1.29, 1.82) is 0 Å². The first-order valence-electron chi connectivity index (χ1n) is 6.92. The lowest BCUT2D eigenvalue weighted by Crippen LogP contribution is -2.43. The van der Waals surface area contributed by atoms with Crippen molar-refractivity contribution in [1.82, 2.24) is 15.5 Å². The second-order valence-electron chi connectivity index (χ2n) is 5.44. The molecular weight excluding hydrogens is 301 g/mol. The maximum absolute atomic E-state index is 12.2. The van der Waals surface area contributed by atoms with Crippen LogP contribution in [0.15, 0.2) is 4.99 Å². The summed E-state index contributed by atoms with van der Waals surface area (Å²) in [6.45, 7) is 7.32. The minimum Gasteiger partial charge on any atom is -0.357 e. The summed E-state index contributed by atoms with van der Waals surface area (Å²) in [5.41, 5.74) is 0. The Morgan fingerprint density at radius 3 is 2.33 bits per heavy atom. The molecule has 0 bridgehead atoms. The van der Waals surface area contributed by atoms with Crippen molar-refractivity contribution in [3.8, 4) is 0 Å². The number of thioether (sulfide) groups is 1. The molecule has 0 aliphatic carbocycles. The summed E-state index contributed by atoms with van der Waals surface area (Å²) < 4.78 is 36.6. The molecule has 0 aliphatic heterocycles. The second kappa shape index (κ2) is 9.40. The van der Waals surface area contributed by atoms with Crippen LogP contribution in [0.2, 0.25) is 0 Å². The number of hydrogen-bond donors (Lipinski definition) is 2. The summed E-state index contributed by atoms with van der Waals surface area (Å²) >= 11 is 1.73. The Hall–Kier alpha value is -0.630. The lowest BCUT2D eigenvalue weighted by atomic mass is 10.2. The van der Waals surface area contributed by atoms with E-state index >= 15 is 0 Å². The molecule has 0 aromatic rings. The van der Waals surface area contributed by atoms with Crippen molar-refractivity contribution in [2.45, 2.75) is 31.7 Å². The molecule has 0 radical (unpaired) electrons. The first kappa shape index (κ1) is 20.4. The number of nitrogens with one attached hydrogen (secondary N) is 2. The largest absolute Gasteiger partial charge is 0.401 e. The van der Waals surface area contributed by atoms with E-state index in [2.05, 4.69) is 29.5 Å². The zero-order valence-corrected chi connectivity index (χ0v) is 14.3. The number of nitrogens with zero attached hydrogens (tertiary/aromatic N) is 2. The molecule has 0 rings (SSSR count). The normalized spacial score (nSPS) is 13.7. The van der Waals surface area contributed by atoms with E-state index in [1.165, 1.54) is 11.9 Å². The van der Waals surface area contributed by atoms with E-state index in [1.807, 2.05) is 13.2 Å². The van der Waals surface area contributed by atoms with Crippen LogP contribution in [0.5, 0.6) is 0 Å². The highest BCUT2D eigenvalue weighted by Gasteiger charge is 2.28. The average molecular weight is 328 g/mol. The molecule has 21 heavy (non-hydrogen) atoms. The molecule has 0 aromatic heterocycles. The van der Waals surface area contributed by atoms with Gasteiger partial charge < -0.3 is 10.6 Å².